The van der Waals surface area contributed by atoms with E-state index in [1.807, 2.05) is 0 Å². The number of carbonyl (C=O) groups is 2. The Bertz CT molecular complexity index is 1230. The van der Waals surface area contributed by atoms with Crippen molar-refractivity contribution in [3.63, 3.8) is 0 Å². The molecule has 0 atom stereocenters. The van der Waals surface area contributed by atoms with E-state index in [0.29, 0.717) is 30.3 Å². The molecule has 3 rings (SSSR count). The molecule has 0 saturated heterocycles. The first kappa shape index (κ1) is 26.2. The second kappa shape index (κ2) is 11.8. The zero-order valence-electron chi connectivity index (χ0n) is 19.4. The first-order valence-electron chi connectivity index (χ1n) is 10.9. The van der Waals surface area contributed by atoms with Crippen LogP contribution in [0.3, 0.4) is 0 Å². The standard InChI is InChI=1S/C25H25F3N6O2/c1-3-23(35)30-11-10-29-21-14-22(32-15-31-21)33-18-8-5-17(6-9-18)12-24(36)34-19-7-4-16(2)20(13-19)25(26,27)28/h3-9,13-15H,1,10-12H2,2H3,(H,30,35)(H,34,36)(H2,29,31,32,33). The summed E-state index contributed by atoms with van der Waals surface area (Å²) in [5.74, 6) is 0.420. The van der Waals surface area contributed by atoms with E-state index in [1.54, 1.807) is 30.3 Å². The second-order valence-corrected chi connectivity index (χ2v) is 7.78. The normalized spacial score (nSPS) is 10.9. The lowest BCUT2D eigenvalue weighted by Crippen LogP contribution is -2.27. The van der Waals surface area contributed by atoms with Crippen molar-refractivity contribution < 1.29 is 22.8 Å². The van der Waals surface area contributed by atoms with E-state index in [0.717, 1.165) is 11.8 Å². The lowest BCUT2D eigenvalue weighted by atomic mass is 10.1. The molecule has 0 radical (unpaired) electrons. The molecule has 0 bridgehead atoms. The third kappa shape index (κ3) is 7.83. The fraction of sp³-hybridized carbons (Fsp3) is 0.200. The molecule has 4 N–H and O–H groups in total. The zero-order valence-corrected chi connectivity index (χ0v) is 19.4. The average Bonchev–Trinajstić information content (AvgIpc) is 2.83. The molecule has 2 amide bonds. The molecule has 36 heavy (non-hydrogen) atoms. The highest BCUT2D eigenvalue weighted by atomic mass is 19.4. The van der Waals surface area contributed by atoms with Crippen molar-refractivity contribution in [2.45, 2.75) is 19.5 Å². The summed E-state index contributed by atoms with van der Waals surface area (Å²) in [6, 6.07) is 12.4. The van der Waals surface area contributed by atoms with Crippen LogP contribution in [0, 0.1) is 6.92 Å². The summed E-state index contributed by atoms with van der Waals surface area (Å²) in [4.78, 5) is 31.8. The Labute approximate surface area is 206 Å². The van der Waals surface area contributed by atoms with E-state index in [9.17, 15) is 22.8 Å². The van der Waals surface area contributed by atoms with Gasteiger partial charge in [-0.3, -0.25) is 9.59 Å². The number of anilines is 4. The summed E-state index contributed by atoms with van der Waals surface area (Å²) >= 11 is 0. The van der Waals surface area contributed by atoms with Crippen LogP contribution in [0.4, 0.5) is 36.2 Å². The van der Waals surface area contributed by atoms with Crippen molar-refractivity contribution in [1.82, 2.24) is 15.3 Å². The van der Waals surface area contributed by atoms with Crippen LogP contribution >= 0.6 is 0 Å². The van der Waals surface area contributed by atoms with Crippen LogP contribution in [0.2, 0.25) is 0 Å². The average molecular weight is 499 g/mol. The van der Waals surface area contributed by atoms with Crippen LogP contribution in [0.1, 0.15) is 16.7 Å². The number of benzene rings is 2. The Balaban J connectivity index is 1.53. The first-order valence-corrected chi connectivity index (χ1v) is 10.9. The number of rotatable bonds is 10. The van der Waals surface area contributed by atoms with E-state index < -0.39 is 17.6 Å². The molecule has 1 aromatic heterocycles. The Morgan fingerprint density at radius 3 is 2.36 bits per heavy atom. The Morgan fingerprint density at radius 1 is 0.972 bits per heavy atom. The first-order chi connectivity index (χ1) is 17.1. The van der Waals surface area contributed by atoms with E-state index in [1.165, 1.54) is 31.5 Å². The smallest absolute Gasteiger partial charge is 0.368 e. The Morgan fingerprint density at radius 2 is 1.67 bits per heavy atom. The molecule has 0 aliphatic carbocycles. The largest absolute Gasteiger partial charge is 0.416 e. The molecular weight excluding hydrogens is 473 g/mol. The van der Waals surface area contributed by atoms with Gasteiger partial charge in [-0.15, -0.1) is 0 Å². The highest BCUT2D eigenvalue weighted by molar-refractivity contribution is 5.92. The number of nitrogens with zero attached hydrogens (tertiary/aromatic N) is 2. The van der Waals surface area contributed by atoms with Crippen LogP contribution in [0.5, 0.6) is 0 Å². The van der Waals surface area contributed by atoms with Gasteiger partial charge in [0.1, 0.15) is 18.0 Å². The van der Waals surface area contributed by atoms with Crippen molar-refractivity contribution in [3.05, 3.63) is 84.2 Å². The molecule has 8 nitrogen and oxygen atoms in total. The molecule has 0 unspecified atom stereocenters. The number of amides is 2. The molecule has 0 spiro atoms. The van der Waals surface area contributed by atoms with E-state index in [-0.39, 0.29) is 23.6 Å². The van der Waals surface area contributed by atoms with Crippen LogP contribution < -0.4 is 21.3 Å². The molecule has 1 heterocycles. The van der Waals surface area contributed by atoms with Crippen LogP contribution in [-0.4, -0.2) is 34.9 Å². The van der Waals surface area contributed by atoms with Crippen molar-refractivity contribution in [2.24, 2.45) is 0 Å². The molecule has 11 heteroatoms. The monoisotopic (exact) mass is 498 g/mol. The third-order valence-electron chi connectivity index (χ3n) is 5.00. The number of aryl methyl sites for hydroxylation is 1. The maximum atomic E-state index is 13.1. The van der Waals surface area contributed by atoms with Gasteiger partial charge >= 0.3 is 6.18 Å². The van der Waals surface area contributed by atoms with Crippen LogP contribution in [0.25, 0.3) is 0 Å². The fourth-order valence-electron chi connectivity index (χ4n) is 3.22. The van der Waals surface area contributed by atoms with Crippen LogP contribution in [-0.2, 0) is 22.2 Å². The molecule has 188 valence electrons. The predicted octanol–water partition coefficient (Wildman–Crippen LogP) is 4.44. The number of carbonyl (C=O) groups excluding carboxylic acids is 2. The lowest BCUT2D eigenvalue weighted by molar-refractivity contribution is -0.138. The summed E-state index contributed by atoms with van der Waals surface area (Å²) in [6.07, 6.45) is -1.90. The number of hydrogen-bond donors (Lipinski definition) is 4. The van der Waals surface area contributed by atoms with Gasteiger partial charge in [-0.25, -0.2) is 9.97 Å². The van der Waals surface area contributed by atoms with Gasteiger partial charge in [-0.1, -0.05) is 24.8 Å². The van der Waals surface area contributed by atoms with Gasteiger partial charge in [0.05, 0.1) is 12.0 Å². The molecule has 2 aromatic carbocycles. The van der Waals surface area contributed by atoms with Crippen molar-refractivity contribution in [3.8, 4) is 0 Å². The number of alkyl halides is 3. The number of halogens is 3. The van der Waals surface area contributed by atoms with E-state index in [2.05, 4.69) is 37.8 Å². The predicted molar refractivity (Wildman–Crippen MR) is 132 cm³/mol. The van der Waals surface area contributed by atoms with Gasteiger partial charge in [0.15, 0.2) is 0 Å². The van der Waals surface area contributed by atoms with Crippen molar-refractivity contribution >= 4 is 34.8 Å². The maximum Gasteiger partial charge on any atom is 0.416 e. The zero-order chi connectivity index (χ0) is 26.1. The molecule has 0 saturated carbocycles. The van der Waals surface area contributed by atoms with Gasteiger partial charge in [-0.05, 0) is 48.4 Å². The van der Waals surface area contributed by atoms with Gasteiger partial charge in [0.25, 0.3) is 0 Å². The third-order valence-corrected chi connectivity index (χ3v) is 5.00. The van der Waals surface area contributed by atoms with E-state index >= 15 is 0 Å². The topological polar surface area (TPSA) is 108 Å². The van der Waals surface area contributed by atoms with Crippen molar-refractivity contribution in [2.75, 3.05) is 29.0 Å². The van der Waals surface area contributed by atoms with Gasteiger partial charge in [0, 0.05) is 30.5 Å². The molecule has 0 aliphatic rings. The fourth-order valence-corrected chi connectivity index (χ4v) is 3.22. The van der Waals surface area contributed by atoms with E-state index in [4.69, 9.17) is 0 Å². The summed E-state index contributed by atoms with van der Waals surface area (Å²) in [5.41, 5.74) is 0.807. The summed E-state index contributed by atoms with van der Waals surface area (Å²) in [6.45, 7) is 5.62. The Hall–Kier alpha value is -4.41. The molecule has 0 fully saturated rings. The van der Waals surface area contributed by atoms with Gasteiger partial charge in [-0.2, -0.15) is 13.2 Å². The summed E-state index contributed by atoms with van der Waals surface area (Å²) in [5, 5.41) is 11.4. The minimum Gasteiger partial charge on any atom is -0.368 e. The maximum absolute atomic E-state index is 13.1. The SMILES string of the molecule is C=CC(=O)NCCNc1cc(Nc2ccc(CC(=O)Nc3ccc(C)c(C(F)(F)F)c3)cc2)ncn1. The number of aromatic nitrogens is 2. The minimum atomic E-state index is -4.49. The van der Waals surface area contributed by atoms with Crippen molar-refractivity contribution in [1.29, 1.82) is 0 Å². The lowest BCUT2D eigenvalue weighted by Gasteiger charge is -2.13. The number of nitrogens with one attached hydrogen (secondary N) is 4. The molecule has 0 aliphatic heterocycles. The second-order valence-electron chi connectivity index (χ2n) is 7.78. The highest BCUT2D eigenvalue weighted by Gasteiger charge is 2.32. The molecule has 3 aromatic rings. The van der Waals surface area contributed by atoms with Crippen LogP contribution in [0.15, 0.2) is 67.5 Å². The minimum absolute atomic E-state index is 0.000521. The highest BCUT2D eigenvalue weighted by Crippen LogP contribution is 2.33. The Kier molecular flexibility index (Phi) is 8.61. The summed E-state index contributed by atoms with van der Waals surface area (Å²) in [7, 11) is 0. The van der Waals surface area contributed by atoms with Gasteiger partial charge < -0.3 is 21.3 Å². The number of hydrogen-bond acceptors (Lipinski definition) is 6. The summed E-state index contributed by atoms with van der Waals surface area (Å²) < 4.78 is 39.3. The van der Waals surface area contributed by atoms with Gasteiger partial charge in [0.2, 0.25) is 11.8 Å². The molecular formula is C25H25F3N6O2. The quantitative estimate of drug-likeness (QED) is 0.243.